The number of hydrogen-bond acceptors (Lipinski definition) is 5. The van der Waals surface area contributed by atoms with Crippen molar-refractivity contribution in [2.24, 2.45) is 11.8 Å². The number of hydrogen-bond donors (Lipinski definition) is 0. The van der Waals surface area contributed by atoms with E-state index in [1.54, 1.807) is 36.4 Å². The second-order valence-electron chi connectivity index (χ2n) is 7.94. The Hall–Kier alpha value is -2.02. The summed E-state index contributed by atoms with van der Waals surface area (Å²) in [6.45, 7) is 5.74. The third-order valence-corrected chi connectivity index (χ3v) is 7.38. The lowest BCUT2D eigenvalue weighted by molar-refractivity contribution is 0.342. The molecule has 0 aliphatic carbocycles. The molecule has 2 aromatic carbocycles. The van der Waals surface area contributed by atoms with Crippen LogP contribution in [0.15, 0.2) is 62.9 Å². The van der Waals surface area contributed by atoms with Crippen molar-refractivity contribution in [3.05, 3.63) is 58.6 Å². The first kappa shape index (κ1) is 21.2. The van der Waals surface area contributed by atoms with Gasteiger partial charge < -0.3 is 9.32 Å². The standard InChI is InChI=1S/C22H22Cl2N2O3S/c1-14-11-15(2)13-26(12-14)22-21(30(27,28)19-9-7-18(24)8-10-19)25-20(29-22)16-3-5-17(23)6-4-16/h3-10,14-15H,11-13H2,1-2H3. The number of benzene rings is 2. The Kier molecular flexibility index (Phi) is 5.84. The summed E-state index contributed by atoms with van der Waals surface area (Å²) in [4.78, 5) is 6.55. The number of halogens is 2. The molecule has 2 heterocycles. The van der Waals surface area contributed by atoms with Crippen LogP contribution in [0.4, 0.5) is 5.88 Å². The van der Waals surface area contributed by atoms with E-state index in [0.29, 0.717) is 40.5 Å². The molecule has 30 heavy (non-hydrogen) atoms. The van der Waals surface area contributed by atoms with E-state index >= 15 is 0 Å². The van der Waals surface area contributed by atoms with Crippen molar-refractivity contribution in [2.75, 3.05) is 18.0 Å². The number of piperidine rings is 1. The lowest BCUT2D eigenvalue weighted by Crippen LogP contribution is -2.39. The molecule has 0 spiro atoms. The van der Waals surface area contributed by atoms with Gasteiger partial charge in [0, 0.05) is 28.7 Å². The fraction of sp³-hybridized carbons (Fsp3) is 0.318. The molecule has 1 aliphatic rings. The molecule has 5 nitrogen and oxygen atoms in total. The molecule has 2 atom stereocenters. The molecule has 1 aromatic heterocycles. The van der Waals surface area contributed by atoms with Crippen molar-refractivity contribution in [2.45, 2.75) is 30.2 Å². The predicted octanol–water partition coefficient (Wildman–Crippen LogP) is 5.96. The first-order valence-electron chi connectivity index (χ1n) is 9.76. The largest absolute Gasteiger partial charge is 0.419 e. The predicted molar refractivity (Wildman–Crippen MR) is 119 cm³/mol. The SMILES string of the molecule is CC1CC(C)CN(c2oc(-c3ccc(Cl)cc3)nc2S(=O)(=O)c2ccc(Cl)cc2)C1. The van der Waals surface area contributed by atoms with Crippen LogP contribution in [0.1, 0.15) is 20.3 Å². The molecule has 2 unspecified atom stereocenters. The highest BCUT2D eigenvalue weighted by atomic mass is 35.5. The molecule has 158 valence electrons. The highest BCUT2D eigenvalue weighted by Gasteiger charge is 2.34. The third-order valence-electron chi connectivity index (χ3n) is 5.21. The molecule has 0 radical (unpaired) electrons. The number of rotatable bonds is 4. The highest BCUT2D eigenvalue weighted by Crippen LogP contribution is 2.37. The first-order chi connectivity index (χ1) is 14.2. The zero-order chi connectivity index (χ0) is 21.5. The van der Waals surface area contributed by atoms with Gasteiger partial charge in [0.2, 0.25) is 26.6 Å². The van der Waals surface area contributed by atoms with E-state index in [0.717, 1.165) is 6.42 Å². The Morgan fingerprint density at radius 3 is 2.03 bits per heavy atom. The van der Waals surface area contributed by atoms with E-state index in [1.165, 1.54) is 12.1 Å². The molecule has 0 amide bonds. The van der Waals surface area contributed by atoms with Gasteiger partial charge in [-0.15, -0.1) is 0 Å². The smallest absolute Gasteiger partial charge is 0.236 e. The van der Waals surface area contributed by atoms with Crippen LogP contribution in [-0.2, 0) is 9.84 Å². The lowest BCUT2D eigenvalue weighted by Gasteiger charge is -2.34. The summed E-state index contributed by atoms with van der Waals surface area (Å²) in [7, 11) is -3.90. The molecule has 0 saturated carbocycles. The molecule has 8 heteroatoms. The number of aromatic nitrogens is 1. The Morgan fingerprint density at radius 2 is 1.47 bits per heavy atom. The summed E-state index contributed by atoms with van der Waals surface area (Å²) in [6.07, 6.45) is 1.09. The number of nitrogens with zero attached hydrogens (tertiary/aromatic N) is 2. The van der Waals surface area contributed by atoms with Crippen molar-refractivity contribution in [3.63, 3.8) is 0 Å². The summed E-state index contributed by atoms with van der Waals surface area (Å²) in [5.74, 6) is 1.38. The van der Waals surface area contributed by atoms with Crippen molar-refractivity contribution >= 4 is 38.9 Å². The van der Waals surface area contributed by atoms with Gasteiger partial charge in [0.1, 0.15) is 0 Å². The second-order valence-corrected chi connectivity index (χ2v) is 10.7. The van der Waals surface area contributed by atoms with Crippen LogP contribution in [0, 0.1) is 11.8 Å². The molecule has 0 bridgehead atoms. The zero-order valence-corrected chi connectivity index (χ0v) is 19.0. The maximum Gasteiger partial charge on any atom is 0.236 e. The molecule has 1 aliphatic heterocycles. The van der Waals surface area contributed by atoms with E-state index in [1.807, 2.05) is 4.90 Å². The molecule has 1 fully saturated rings. The van der Waals surface area contributed by atoms with Crippen molar-refractivity contribution in [3.8, 4) is 11.5 Å². The second kappa shape index (κ2) is 8.25. The summed E-state index contributed by atoms with van der Waals surface area (Å²) < 4.78 is 33.0. The maximum absolute atomic E-state index is 13.5. The number of anilines is 1. The molecule has 1 saturated heterocycles. The van der Waals surface area contributed by atoms with Gasteiger partial charge in [0.05, 0.1) is 4.90 Å². The van der Waals surface area contributed by atoms with Gasteiger partial charge >= 0.3 is 0 Å². The minimum Gasteiger partial charge on any atom is -0.419 e. The van der Waals surface area contributed by atoms with E-state index in [9.17, 15) is 8.42 Å². The fourth-order valence-corrected chi connectivity index (χ4v) is 5.52. The van der Waals surface area contributed by atoms with E-state index < -0.39 is 9.84 Å². The molecular formula is C22H22Cl2N2O3S. The average molecular weight is 465 g/mol. The van der Waals surface area contributed by atoms with Crippen LogP contribution >= 0.6 is 23.2 Å². The monoisotopic (exact) mass is 464 g/mol. The summed E-state index contributed by atoms with van der Waals surface area (Å²) >= 11 is 11.9. The number of sulfone groups is 1. The van der Waals surface area contributed by atoms with E-state index in [2.05, 4.69) is 18.8 Å². The first-order valence-corrected chi connectivity index (χ1v) is 12.0. The highest BCUT2D eigenvalue weighted by molar-refractivity contribution is 7.91. The fourth-order valence-electron chi connectivity index (χ4n) is 3.94. The van der Waals surface area contributed by atoms with Crippen LogP contribution in [-0.4, -0.2) is 26.5 Å². The molecule has 0 N–H and O–H groups in total. The quantitative estimate of drug-likeness (QED) is 0.476. The Bertz CT molecular complexity index is 1130. The number of oxazole rings is 1. The lowest BCUT2D eigenvalue weighted by atomic mass is 9.92. The average Bonchev–Trinajstić information content (AvgIpc) is 3.14. The Morgan fingerprint density at radius 1 is 0.933 bits per heavy atom. The van der Waals surface area contributed by atoms with Crippen LogP contribution in [0.2, 0.25) is 10.0 Å². The van der Waals surface area contributed by atoms with Gasteiger partial charge in [-0.3, -0.25) is 0 Å². The van der Waals surface area contributed by atoms with Crippen LogP contribution < -0.4 is 4.90 Å². The third kappa shape index (κ3) is 4.22. The Balaban J connectivity index is 1.85. The maximum atomic E-state index is 13.5. The van der Waals surface area contributed by atoms with Gasteiger partial charge in [-0.2, -0.15) is 4.98 Å². The van der Waals surface area contributed by atoms with Gasteiger partial charge in [-0.05, 0) is 66.8 Å². The minimum absolute atomic E-state index is 0.0731. The van der Waals surface area contributed by atoms with E-state index in [-0.39, 0.29) is 21.7 Å². The minimum atomic E-state index is -3.90. The molecular weight excluding hydrogens is 443 g/mol. The van der Waals surface area contributed by atoms with Gasteiger partial charge in [-0.25, -0.2) is 8.42 Å². The van der Waals surface area contributed by atoms with Crippen molar-refractivity contribution < 1.29 is 12.8 Å². The summed E-state index contributed by atoms with van der Waals surface area (Å²) in [6, 6.07) is 13.0. The topological polar surface area (TPSA) is 63.4 Å². The van der Waals surface area contributed by atoms with Crippen molar-refractivity contribution in [1.82, 2.24) is 4.98 Å². The molecule has 3 aromatic rings. The van der Waals surface area contributed by atoms with Crippen LogP contribution in [0.5, 0.6) is 0 Å². The van der Waals surface area contributed by atoms with Crippen LogP contribution in [0.25, 0.3) is 11.5 Å². The Labute approximate surface area is 186 Å². The van der Waals surface area contributed by atoms with E-state index in [4.69, 9.17) is 27.6 Å². The van der Waals surface area contributed by atoms with Gasteiger partial charge in [0.15, 0.2) is 0 Å². The van der Waals surface area contributed by atoms with Gasteiger partial charge in [0.25, 0.3) is 0 Å². The van der Waals surface area contributed by atoms with Crippen LogP contribution in [0.3, 0.4) is 0 Å². The van der Waals surface area contributed by atoms with Crippen molar-refractivity contribution in [1.29, 1.82) is 0 Å². The normalized spacial score (nSPS) is 19.8. The zero-order valence-electron chi connectivity index (χ0n) is 16.7. The van der Waals surface area contributed by atoms with Gasteiger partial charge in [-0.1, -0.05) is 37.0 Å². The summed E-state index contributed by atoms with van der Waals surface area (Å²) in [5.41, 5.74) is 0.663. The molecule has 4 rings (SSSR count). The summed E-state index contributed by atoms with van der Waals surface area (Å²) in [5, 5.41) is 0.976.